The fourth-order valence-corrected chi connectivity index (χ4v) is 3.23. The van der Waals surface area contributed by atoms with Crippen LogP contribution in [-0.2, 0) is 0 Å². The standard InChI is InChI=1S/C21H15ClN2/c22-16-11-12-18-17(13-16)19(14-7-3-1-4-8-14)20(21(23)24-18)15-9-5-2-6-10-15/h1-13H,(H2,23,24). The van der Waals surface area contributed by atoms with E-state index in [0.29, 0.717) is 10.8 Å². The van der Waals surface area contributed by atoms with E-state index in [1.54, 1.807) is 0 Å². The Balaban J connectivity index is 2.17. The van der Waals surface area contributed by atoms with E-state index in [-0.39, 0.29) is 0 Å². The average molecular weight is 331 g/mol. The fraction of sp³-hybridized carbons (Fsp3) is 0. The van der Waals surface area contributed by atoms with Crippen molar-refractivity contribution in [1.29, 1.82) is 0 Å². The second kappa shape index (κ2) is 5.99. The van der Waals surface area contributed by atoms with Crippen LogP contribution in [0, 0.1) is 0 Å². The SMILES string of the molecule is Nc1nc2ccc(Cl)cc2c(-c2ccccc2)c1-c1ccccc1. The summed E-state index contributed by atoms with van der Waals surface area (Å²) in [6.07, 6.45) is 0. The third kappa shape index (κ3) is 2.51. The number of benzene rings is 3. The molecule has 3 heteroatoms. The first-order valence-corrected chi connectivity index (χ1v) is 8.11. The van der Waals surface area contributed by atoms with Gasteiger partial charge in [0.15, 0.2) is 0 Å². The Morgan fingerprint density at radius 2 is 1.29 bits per heavy atom. The zero-order valence-corrected chi connectivity index (χ0v) is 13.7. The van der Waals surface area contributed by atoms with Gasteiger partial charge >= 0.3 is 0 Å². The number of aromatic nitrogens is 1. The summed E-state index contributed by atoms with van der Waals surface area (Å²) >= 11 is 6.26. The van der Waals surface area contributed by atoms with Crippen LogP contribution in [0.25, 0.3) is 33.2 Å². The first kappa shape index (κ1) is 14.7. The van der Waals surface area contributed by atoms with Gasteiger partial charge in [-0.2, -0.15) is 0 Å². The van der Waals surface area contributed by atoms with Crippen LogP contribution in [-0.4, -0.2) is 4.98 Å². The van der Waals surface area contributed by atoms with E-state index >= 15 is 0 Å². The van der Waals surface area contributed by atoms with E-state index in [2.05, 4.69) is 29.2 Å². The number of anilines is 1. The highest BCUT2D eigenvalue weighted by atomic mass is 35.5. The lowest BCUT2D eigenvalue weighted by atomic mass is 9.92. The summed E-state index contributed by atoms with van der Waals surface area (Å²) in [5.41, 5.74) is 11.3. The van der Waals surface area contributed by atoms with Crippen molar-refractivity contribution in [3.05, 3.63) is 83.9 Å². The van der Waals surface area contributed by atoms with Gasteiger partial charge in [0.05, 0.1) is 5.52 Å². The highest BCUT2D eigenvalue weighted by Gasteiger charge is 2.16. The number of fused-ring (bicyclic) bond motifs is 1. The fourth-order valence-electron chi connectivity index (χ4n) is 3.06. The minimum absolute atomic E-state index is 0.523. The Labute approximate surface area is 145 Å². The van der Waals surface area contributed by atoms with Crippen molar-refractivity contribution in [2.45, 2.75) is 0 Å². The molecule has 116 valence electrons. The van der Waals surface area contributed by atoms with E-state index in [4.69, 9.17) is 17.3 Å². The molecule has 0 amide bonds. The van der Waals surface area contributed by atoms with Crippen LogP contribution in [0.3, 0.4) is 0 Å². The number of nitrogens with zero attached hydrogens (tertiary/aromatic N) is 1. The highest BCUT2D eigenvalue weighted by Crippen LogP contribution is 2.41. The lowest BCUT2D eigenvalue weighted by molar-refractivity contribution is 1.41. The predicted octanol–water partition coefficient (Wildman–Crippen LogP) is 5.80. The molecule has 24 heavy (non-hydrogen) atoms. The van der Waals surface area contributed by atoms with Crippen LogP contribution in [0.5, 0.6) is 0 Å². The molecule has 1 heterocycles. The molecular formula is C21H15ClN2. The minimum atomic E-state index is 0.523. The number of pyridine rings is 1. The first-order chi connectivity index (χ1) is 11.7. The molecular weight excluding hydrogens is 316 g/mol. The van der Waals surface area contributed by atoms with Crippen LogP contribution >= 0.6 is 11.6 Å². The Hall–Kier alpha value is -2.84. The third-order valence-corrected chi connectivity index (χ3v) is 4.34. The van der Waals surface area contributed by atoms with Gasteiger partial charge in [-0.15, -0.1) is 0 Å². The quantitative estimate of drug-likeness (QED) is 0.504. The summed E-state index contributed by atoms with van der Waals surface area (Å²) in [5.74, 6) is 0.523. The Kier molecular flexibility index (Phi) is 3.68. The molecule has 2 nitrogen and oxygen atoms in total. The van der Waals surface area contributed by atoms with Gasteiger partial charge in [0.1, 0.15) is 5.82 Å². The van der Waals surface area contributed by atoms with Crippen molar-refractivity contribution in [3.63, 3.8) is 0 Å². The summed E-state index contributed by atoms with van der Waals surface area (Å²) in [6.45, 7) is 0. The largest absolute Gasteiger partial charge is 0.383 e. The number of rotatable bonds is 2. The summed E-state index contributed by atoms with van der Waals surface area (Å²) in [7, 11) is 0. The molecule has 0 aliphatic rings. The molecule has 0 radical (unpaired) electrons. The molecule has 0 aliphatic carbocycles. The normalized spacial score (nSPS) is 10.9. The lowest BCUT2D eigenvalue weighted by Crippen LogP contribution is -1.99. The van der Waals surface area contributed by atoms with Crippen LogP contribution in [0.15, 0.2) is 78.9 Å². The molecule has 0 saturated heterocycles. The van der Waals surface area contributed by atoms with Gasteiger partial charge in [0.25, 0.3) is 0 Å². The average Bonchev–Trinajstić information content (AvgIpc) is 2.62. The van der Waals surface area contributed by atoms with Crippen LogP contribution < -0.4 is 5.73 Å². The van der Waals surface area contributed by atoms with Crippen LogP contribution in [0.1, 0.15) is 0 Å². The van der Waals surface area contributed by atoms with Crippen LogP contribution in [0.4, 0.5) is 5.82 Å². The van der Waals surface area contributed by atoms with Crippen molar-refractivity contribution in [1.82, 2.24) is 4.98 Å². The minimum Gasteiger partial charge on any atom is -0.383 e. The molecule has 4 aromatic rings. The second-order valence-corrected chi connectivity index (χ2v) is 6.08. The van der Waals surface area contributed by atoms with Crippen molar-refractivity contribution >= 4 is 28.3 Å². The van der Waals surface area contributed by atoms with Crippen LogP contribution in [0.2, 0.25) is 5.02 Å². The summed E-state index contributed by atoms with van der Waals surface area (Å²) in [4.78, 5) is 4.60. The van der Waals surface area contributed by atoms with Crippen molar-refractivity contribution in [2.75, 3.05) is 5.73 Å². The molecule has 0 unspecified atom stereocenters. The number of hydrogen-bond donors (Lipinski definition) is 1. The molecule has 0 spiro atoms. The molecule has 4 rings (SSSR count). The van der Waals surface area contributed by atoms with Crippen molar-refractivity contribution < 1.29 is 0 Å². The maximum atomic E-state index is 6.35. The molecule has 0 aliphatic heterocycles. The number of halogens is 1. The van der Waals surface area contributed by atoms with E-state index < -0.39 is 0 Å². The second-order valence-electron chi connectivity index (χ2n) is 5.64. The molecule has 0 saturated carbocycles. The Morgan fingerprint density at radius 3 is 1.92 bits per heavy atom. The number of nitrogen functional groups attached to an aromatic ring is 1. The van der Waals surface area contributed by atoms with Gasteiger partial charge in [-0.05, 0) is 29.3 Å². The number of hydrogen-bond acceptors (Lipinski definition) is 2. The summed E-state index contributed by atoms with van der Waals surface area (Å²) < 4.78 is 0. The van der Waals surface area contributed by atoms with Gasteiger partial charge in [0, 0.05) is 21.5 Å². The summed E-state index contributed by atoms with van der Waals surface area (Å²) in [5, 5.41) is 1.69. The molecule has 0 atom stereocenters. The maximum Gasteiger partial charge on any atom is 0.132 e. The molecule has 2 N–H and O–H groups in total. The van der Waals surface area contributed by atoms with Gasteiger partial charge in [-0.3, -0.25) is 0 Å². The maximum absolute atomic E-state index is 6.35. The number of nitrogens with two attached hydrogens (primary N) is 1. The topological polar surface area (TPSA) is 38.9 Å². The third-order valence-electron chi connectivity index (χ3n) is 4.10. The first-order valence-electron chi connectivity index (χ1n) is 7.73. The van der Waals surface area contributed by atoms with Crippen molar-refractivity contribution in [2.24, 2.45) is 0 Å². The van der Waals surface area contributed by atoms with Gasteiger partial charge < -0.3 is 5.73 Å². The smallest absolute Gasteiger partial charge is 0.132 e. The van der Waals surface area contributed by atoms with Gasteiger partial charge in [-0.1, -0.05) is 72.3 Å². The van der Waals surface area contributed by atoms with E-state index in [1.165, 1.54) is 0 Å². The Bertz CT molecular complexity index is 1010. The van der Waals surface area contributed by atoms with Gasteiger partial charge in [0.2, 0.25) is 0 Å². The Morgan fingerprint density at radius 1 is 0.708 bits per heavy atom. The molecule has 0 bridgehead atoms. The molecule has 3 aromatic carbocycles. The van der Waals surface area contributed by atoms with E-state index in [0.717, 1.165) is 33.2 Å². The monoisotopic (exact) mass is 330 g/mol. The molecule has 1 aromatic heterocycles. The van der Waals surface area contributed by atoms with E-state index in [1.807, 2.05) is 54.6 Å². The van der Waals surface area contributed by atoms with E-state index in [9.17, 15) is 0 Å². The van der Waals surface area contributed by atoms with Crippen molar-refractivity contribution in [3.8, 4) is 22.3 Å². The zero-order valence-electron chi connectivity index (χ0n) is 12.9. The lowest BCUT2D eigenvalue weighted by Gasteiger charge is -2.16. The highest BCUT2D eigenvalue weighted by molar-refractivity contribution is 6.31. The van der Waals surface area contributed by atoms with Gasteiger partial charge in [-0.25, -0.2) is 4.98 Å². The zero-order chi connectivity index (χ0) is 16.5. The summed E-state index contributed by atoms with van der Waals surface area (Å²) in [6, 6.07) is 26.0. The predicted molar refractivity (Wildman–Crippen MR) is 102 cm³/mol. The molecule has 0 fully saturated rings.